The predicted octanol–water partition coefficient (Wildman–Crippen LogP) is 4.70. The minimum Gasteiger partial charge on any atom is -0.491 e. The maximum Gasteiger partial charge on any atom is 0.120 e. The molecule has 1 unspecified atom stereocenters. The van der Waals surface area contributed by atoms with Crippen LogP contribution in [0.4, 0.5) is 0 Å². The molecule has 4 rings (SSSR count). The molecular weight excluding hydrogens is 382 g/mol. The van der Waals surface area contributed by atoms with E-state index < -0.39 is 6.10 Å². The average Bonchev–Trinajstić information content (AvgIpc) is 3.30. The minimum absolute atomic E-state index is 0.225. The number of piperidine rings is 1. The number of aliphatic hydroxyl groups excluding tert-OH is 1. The molecule has 1 atom stereocenters. The second-order valence-electron chi connectivity index (χ2n) is 7.40. The Morgan fingerprint density at radius 3 is 2.52 bits per heavy atom. The third-order valence-corrected chi connectivity index (χ3v) is 6.05. The quantitative estimate of drug-likeness (QED) is 0.586. The van der Waals surface area contributed by atoms with Crippen LogP contribution in [0.3, 0.4) is 0 Å². The van der Waals surface area contributed by atoms with Gasteiger partial charge < -0.3 is 19.5 Å². The number of hydrogen-bond acceptors (Lipinski definition) is 5. The number of ether oxygens (including phenoxy) is 2. The Hall–Kier alpha value is -2.34. The van der Waals surface area contributed by atoms with E-state index in [1.54, 1.807) is 11.3 Å². The SMILES string of the molecule is OC(COc1ccccc1)CN1CCC(Oc2cccc(-c3cccs3)c2)CC1. The maximum atomic E-state index is 10.3. The molecular formula is C24H27NO3S. The van der Waals surface area contributed by atoms with Crippen molar-refractivity contribution in [1.29, 1.82) is 0 Å². The Labute approximate surface area is 176 Å². The largest absolute Gasteiger partial charge is 0.491 e. The lowest BCUT2D eigenvalue weighted by Gasteiger charge is -2.33. The Balaban J connectivity index is 1.21. The third kappa shape index (κ3) is 5.82. The first-order chi connectivity index (χ1) is 14.3. The number of benzene rings is 2. The molecule has 1 aliphatic heterocycles. The third-order valence-electron chi connectivity index (χ3n) is 5.13. The van der Waals surface area contributed by atoms with Crippen molar-refractivity contribution in [3.63, 3.8) is 0 Å². The fourth-order valence-electron chi connectivity index (χ4n) is 3.63. The van der Waals surface area contributed by atoms with Crippen LogP contribution in [0.2, 0.25) is 0 Å². The Morgan fingerprint density at radius 2 is 1.76 bits per heavy atom. The number of hydrogen-bond donors (Lipinski definition) is 1. The first-order valence-corrected chi connectivity index (χ1v) is 11.0. The van der Waals surface area contributed by atoms with Crippen LogP contribution in [-0.2, 0) is 0 Å². The first-order valence-electron chi connectivity index (χ1n) is 10.1. The van der Waals surface area contributed by atoms with Crippen LogP contribution in [0.25, 0.3) is 10.4 Å². The van der Waals surface area contributed by atoms with Crippen molar-refractivity contribution in [3.05, 3.63) is 72.1 Å². The summed E-state index contributed by atoms with van der Waals surface area (Å²) in [7, 11) is 0. The number of thiophene rings is 1. The van der Waals surface area contributed by atoms with Gasteiger partial charge in [-0.25, -0.2) is 0 Å². The zero-order chi connectivity index (χ0) is 19.9. The summed E-state index contributed by atoms with van der Waals surface area (Å²) in [5.41, 5.74) is 1.21. The molecule has 2 aromatic carbocycles. The molecule has 5 heteroatoms. The van der Waals surface area contributed by atoms with Gasteiger partial charge in [0, 0.05) is 24.5 Å². The van der Waals surface area contributed by atoms with Gasteiger partial charge in [0.15, 0.2) is 0 Å². The zero-order valence-electron chi connectivity index (χ0n) is 16.4. The molecule has 1 N–H and O–H groups in total. The Morgan fingerprint density at radius 1 is 0.966 bits per heavy atom. The normalized spacial score (nSPS) is 16.4. The van der Waals surface area contributed by atoms with Gasteiger partial charge in [-0.05, 0) is 54.1 Å². The molecule has 0 amide bonds. The number of rotatable bonds is 8. The monoisotopic (exact) mass is 409 g/mol. The minimum atomic E-state index is -0.491. The summed E-state index contributed by atoms with van der Waals surface area (Å²) in [4.78, 5) is 3.55. The van der Waals surface area contributed by atoms with Crippen molar-refractivity contribution in [2.75, 3.05) is 26.2 Å². The molecule has 152 valence electrons. The second-order valence-corrected chi connectivity index (χ2v) is 8.35. The highest BCUT2D eigenvalue weighted by Gasteiger charge is 2.22. The highest BCUT2D eigenvalue weighted by atomic mass is 32.1. The van der Waals surface area contributed by atoms with Gasteiger partial charge in [-0.15, -0.1) is 11.3 Å². The van der Waals surface area contributed by atoms with E-state index in [1.807, 2.05) is 36.4 Å². The Bertz CT molecular complexity index is 861. The van der Waals surface area contributed by atoms with E-state index in [-0.39, 0.29) is 6.10 Å². The maximum absolute atomic E-state index is 10.3. The fourth-order valence-corrected chi connectivity index (χ4v) is 4.35. The van der Waals surface area contributed by atoms with Crippen molar-refractivity contribution in [1.82, 2.24) is 4.90 Å². The van der Waals surface area contributed by atoms with Gasteiger partial charge >= 0.3 is 0 Å². The highest BCUT2D eigenvalue weighted by molar-refractivity contribution is 7.13. The molecule has 1 saturated heterocycles. The van der Waals surface area contributed by atoms with Crippen molar-refractivity contribution in [2.24, 2.45) is 0 Å². The predicted molar refractivity (Wildman–Crippen MR) is 118 cm³/mol. The standard InChI is InChI=1S/C24H27NO3S/c26-20(18-27-21-7-2-1-3-8-21)17-25-13-11-22(12-14-25)28-23-9-4-6-19(16-23)24-10-5-15-29-24/h1-10,15-16,20,22,26H,11-14,17-18H2. The average molecular weight is 410 g/mol. The van der Waals surface area contributed by atoms with E-state index in [1.165, 1.54) is 10.4 Å². The van der Waals surface area contributed by atoms with Gasteiger partial charge in [0.1, 0.15) is 30.3 Å². The number of aliphatic hydroxyl groups is 1. The number of β-amino-alcohol motifs (C(OH)–C–C–N with tert-alkyl or cyclic N) is 1. The summed E-state index contributed by atoms with van der Waals surface area (Å²) < 4.78 is 11.9. The van der Waals surface area contributed by atoms with Crippen molar-refractivity contribution in [3.8, 4) is 21.9 Å². The molecule has 0 radical (unpaired) electrons. The molecule has 4 nitrogen and oxygen atoms in total. The van der Waals surface area contributed by atoms with Crippen LogP contribution in [0, 0.1) is 0 Å². The molecule has 3 aromatic rings. The number of likely N-dealkylation sites (tertiary alicyclic amines) is 1. The van der Waals surface area contributed by atoms with Crippen LogP contribution >= 0.6 is 11.3 Å². The van der Waals surface area contributed by atoms with Crippen LogP contribution in [0.1, 0.15) is 12.8 Å². The summed E-state index contributed by atoms with van der Waals surface area (Å²) in [6, 6.07) is 22.2. The fraction of sp³-hybridized carbons (Fsp3) is 0.333. The molecule has 0 spiro atoms. The lowest BCUT2D eigenvalue weighted by Crippen LogP contribution is -2.43. The molecule has 0 saturated carbocycles. The van der Waals surface area contributed by atoms with E-state index in [9.17, 15) is 5.11 Å². The molecule has 0 bridgehead atoms. The number of para-hydroxylation sites is 1. The van der Waals surface area contributed by atoms with Gasteiger partial charge in [-0.2, -0.15) is 0 Å². The highest BCUT2D eigenvalue weighted by Crippen LogP contribution is 2.29. The molecule has 1 aliphatic rings. The van der Waals surface area contributed by atoms with Crippen LogP contribution < -0.4 is 9.47 Å². The second kappa shape index (κ2) is 9.92. The summed E-state index contributed by atoms with van der Waals surface area (Å²) in [5.74, 6) is 1.73. The molecule has 29 heavy (non-hydrogen) atoms. The lowest BCUT2D eigenvalue weighted by molar-refractivity contribution is 0.0402. The molecule has 2 heterocycles. The van der Waals surface area contributed by atoms with Crippen LogP contribution in [-0.4, -0.2) is 48.5 Å². The summed E-state index contributed by atoms with van der Waals surface area (Å²) in [5, 5.41) is 12.4. The topological polar surface area (TPSA) is 41.9 Å². The van der Waals surface area contributed by atoms with Crippen molar-refractivity contribution in [2.45, 2.75) is 25.0 Å². The molecule has 0 aliphatic carbocycles. The molecule has 1 aromatic heterocycles. The van der Waals surface area contributed by atoms with Crippen molar-refractivity contribution < 1.29 is 14.6 Å². The summed E-state index contributed by atoms with van der Waals surface area (Å²) in [6.07, 6.45) is 1.67. The first kappa shape index (κ1) is 20.0. The lowest BCUT2D eigenvalue weighted by atomic mass is 10.1. The zero-order valence-corrected chi connectivity index (χ0v) is 17.3. The number of nitrogens with zero attached hydrogens (tertiary/aromatic N) is 1. The summed E-state index contributed by atoms with van der Waals surface area (Å²) >= 11 is 1.74. The van der Waals surface area contributed by atoms with Crippen LogP contribution in [0.5, 0.6) is 11.5 Å². The summed E-state index contributed by atoms with van der Waals surface area (Å²) in [6.45, 7) is 2.80. The van der Waals surface area contributed by atoms with E-state index in [0.29, 0.717) is 13.2 Å². The van der Waals surface area contributed by atoms with Gasteiger partial charge in [0.05, 0.1) is 0 Å². The van der Waals surface area contributed by atoms with E-state index >= 15 is 0 Å². The molecule has 1 fully saturated rings. The van der Waals surface area contributed by atoms with Gasteiger partial charge in [-0.1, -0.05) is 36.4 Å². The Kier molecular flexibility index (Phi) is 6.83. The van der Waals surface area contributed by atoms with Gasteiger partial charge in [-0.3, -0.25) is 0 Å². The van der Waals surface area contributed by atoms with E-state index in [0.717, 1.165) is 37.4 Å². The van der Waals surface area contributed by atoms with Gasteiger partial charge in [0.2, 0.25) is 0 Å². The van der Waals surface area contributed by atoms with E-state index in [4.69, 9.17) is 9.47 Å². The smallest absolute Gasteiger partial charge is 0.120 e. The van der Waals surface area contributed by atoms with Crippen molar-refractivity contribution >= 4 is 11.3 Å². The van der Waals surface area contributed by atoms with Gasteiger partial charge in [0.25, 0.3) is 0 Å². The van der Waals surface area contributed by atoms with E-state index in [2.05, 4.69) is 40.6 Å². The van der Waals surface area contributed by atoms with Crippen LogP contribution in [0.15, 0.2) is 72.1 Å².